The standard InChI is InChI=1S/C21H22F2N2O3/c22-16-6-5-15(12-17(16)23)24-21(26)13-25-8-1-3-18(25)14-4-7-19-20(11-14)28-10-2-9-27-19/h4-7,11-12,18H,1-3,8-10,13H2,(H,24,26)/p+1/t18-/m0/s1. The Balaban J connectivity index is 1.44. The summed E-state index contributed by atoms with van der Waals surface area (Å²) in [6.45, 7) is 2.42. The minimum absolute atomic E-state index is 0.188. The van der Waals surface area contributed by atoms with Crippen LogP contribution >= 0.6 is 0 Å². The van der Waals surface area contributed by atoms with Gasteiger partial charge in [-0.05, 0) is 30.3 Å². The number of benzene rings is 2. The van der Waals surface area contributed by atoms with E-state index in [1.807, 2.05) is 18.2 Å². The molecule has 2 atom stereocenters. The van der Waals surface area contributed by atoms with Crippen molar-refractivity contribution < 1.29 is 27.9 Å². The third-order valence-electron chi connectivity index (χ3n) is 5.25. The molecule has 2 aliphatic rings. The average molecular weight is 389 g/mol. The van der Waals surface area contributed by atoms with Crippen molar-refractivity contribution in [2.75, 3.05) is 31.6 Å². The molecular formula is C21H23F2N2O3+. The fourth-order valence-electron chi connectivity index (χ4n) is 3.91. The van der Waals surface area contributed by atoms with Gasteiger partial charge in [0.25, 0.3) is 5.91 Å². The van der Waals surface area contributed by atoms with E-state index in [1.165, 1.54) is 6.07 Å². The van der Waals surface area contributed by atoms with Crippen LogP contribution in [0, 0.1) is 11.6 Å². The predicted molar refractivity (Wildman–Crippen MR) is 99.7 cm³/mol. The van der Waals surface area contributed by atoms with Crippen molar-refractivity contribution in [2.45, 2.75) is 25.3 Å². The lowest BCUT2D eigenvalue weighted by Crippen LogP contribution is -3.11. The van der Waals surface area contributed by atoms with Crippen LogP contribution in [-0.4, -0.2) is 32.2 Å². The van der Waals surface area contributed by atoms with Crippen LogP contribution in [0.5, 0.6) is 11.5 Å². The molecule has 2 N–H and O–H groups in total. The second-order valence-electron chi connectivity index (χ2n) is 7.21. The fourth-order valence-corrected chi connectivity index (χ4v) is 3.91. The Hall–Kier alpha value is -2.67. The lowest BCUT2D eigenvalue weighted by molar-refractivity contribution is -0.910. The smallest absolute Gasteiger partial charge is 0.279 e. The second-order valence-corrected chi connectivity index (χ2v) is 7.21. The molecule has 0 aromatic heterocycles. The zero-order valence-corrected chi connectivity index (χ0v) is 15.5. The predicted octanol–water partition coefficient (Wildman–Crippen LogP) is 2.48. The quantitative estimate of drug-likeness (QED) is 0.845. The Morgan fingerprint density at radius 1 is 1.04 bits per heavy atom. The van der Waals surface area contributed by atoms with E-state index in [9.17, 15) is 13.6 Å². The monoisotopic (exact) mass is 389 g/mol. The molecule has 1 saturated heterocycles. The minimum Gasteiger partial charge on any atom is -0.490 e. The van der Waals surface area contributed by atoms with E-state index in [0.29, 0.717) is 13.2 Å². The van der Waals surface area contributed by atoms with Crippen LogP contribution in [0.2, 0.25) is 0 Å². The van der Waals surface area contributed by atoms with Crippen molar-refractivity contribution >= 4 is 11.6 Å². The number of ether oxygens (including phenoxy) is 2. The van der Waals surface area contributed by atoms with Gasteiger partial charge in [-0.3, -0.25) is 4.79 Å². The molecule has 4 rings (SSSR count). The maximum atomic E-state index is 13.3. The number of amides is 1. The number of anilines is 1. The highest BCUT2D eigenvalue weighted by Crippen LogP contribution is 2.33. The highest BCUT2D eigenvalue weighted by molar-refractivity contribution is 5.91. The van der Waals surface area contributed by atoms with Crippen LogP contribution in [0.15, 0.2) is 36.4 Å². The van der Waals surface area contributed by atoms with Crippen LogP contribution < -0.4 is 19.7 Å². The molecule has 1 unspecified atom stereocenters. The van der Waals surface area contributed by atoms with Crippen molar-refractivity contribution in [2.24, 2.45) is 0 Å². The first-order valence-corrected chi connectivity index (χ1v) is 9.59. The summed E-state index contributed by atoms with van der Waals surface area (Å²) in [5, 5.41) is 2.66. The van der Waals surface area contributed by atoms with Gasteiger partial charge in [-0.25, -0.2) is 8.78 Å². The molecule has 0 radical (unpaired) electrons. The topological polar surface area (TPSA) is 52.0 Å². The van der Waals surface area contributed by atoms with Crippen LogP contribution in [0.1, 0.15) is 30.9 Å². The molecule has 7 heteroatoms. The van der Waals surface area contributed by atoms with Gasteiger partial charge in [0.05, 0.1) is 19.8 Å². The van der Waals surface area contributed by atoms with E-state index in [-0.39, 0.29) is 24.2 Å². The molecule has 1 fully saturated rings. The summed E-state index contributed by atoms with van der Waals surface area (Å²) in [6, 6.07) is 9.54. The van der Waals surface area contributed by atoms with Crippen LogP contribution in [-0.2, 0) is 4.79 Å². The van der Waals surface area contributed by atoms with Gasteiger partial charge in [0.2, 0.25) is 0 Å². The van der Waals surface area contributed by atoms with Gasteiger partial charge in [-0.2, -0.15) is 0 Å². The average Bonchev–Trinajstić information content (AvgIpc) is 3.00. The maximum absolute atomic E-state index is 13.3. The number of hydrogen-bond donors (Lipinski definition) is 2. The van der Waals surface area contributed by atoms with Gasteiger partial charge >= 0.3 is 0 Å². The third kappa shape index (κ3) is 4.09. The van der Waals surface area contributed by atoms with Gasteiger partial charge in [-0.15, -0.1) is 0 Å². The zero-order valence-electron chi connectivity index (χ0n) is 15.5. The first-order chi connectivity index (χ1) is 13.6. The third-order valence-corrected chi connectivity index (χ3v) is 5.25. The minimum atomic E-state index is -0.976. The van der Waals surface area contributed by atoms with E-state index < -0.39 is 11.6 Å². The highest BCUT2D eigenvalue weighted by Gasteiger charge is 2.32. The van der Waals surface area contributed by atoms with Crippen LogP contribution in [0.3, 0.4) is 0 Å². The number of hydrogen-bond acceptors (Lipinski definition) is 3. The molecular weight excluding hydrogens is 366 g/mol. The Bertz CT molecular complexity index is 875. The number of fused-ring (bicyclic) bond motifs is 1. The van der Waals surface area contributed by atoms with Gasteiger partial charge in [-0.1, -0.05) is 0 Å². The second kappa shape index (κ2) is 8.14. The van der Waals surface area contributed by atoms with E-state index >= 15 is 0 Å². The number of nitrogens with one attached hydrogen (secondary N) is 2. The summed E-state index contributed by atoms with van der Waals surface area (Å²) in [6.07, 6.45) is 2.86. The van der Waals surface area contributed by atoms with Crippen LogP contribution in [0.25, 0.3) is 0 Å². The van der Waals surface area contributed by atoms with Crippen molar-refractivity contribution in [3.63, 3.8) is 0 Å². The first-order valence-electron chi connectivity index (χ1n) is 9.59. The lowest BCUT2D eigenvalue weighted by atomic mass is 10.0. The summed E-state index contributed by atoms with van der Waals surface area (Å²) in [4.78, 5) is 13.6. The lowest BCUT2D eigenvalue weighted by Gasteiger charge is -2.22. The van der Waals surface area contributed by atoms with E-state index in [4.69, 9.17) is 9.47 Å². The molecule has 0 spiro atoms. The molecule has 0 bridgehead atoms. The molecule has 28 heavy (non-hydrogen) atoms. The molecule has 5 nitrogen and oxygen atoms in total. The van der Waals surface area contributed by atoms with E-state index in [0.717, 1.165) is 59.9 Å². The summed E-state index contributed by atoms with van der Waals surface area (Å²) in [5.74, 6) is -0.611. The Labute approximate surface area is 162 Å². The van der Waals surface area contributed by atoms with Crippen molar-refractivity contribution in [1.29, 1.82) is 0 Å². The number of likely N-dealkylation sites (tertiary alicyclic amines) is 1. The highest BCUT2D eigenvalue weighted by atomic mass is 19.2. The number of halogens is 2. The van der Waals surface area contributed by atoms with E-state index in [2.05, 4.69) is 5.32 Å². The Morgan fingerprint density at radius 2 is 1.86 bits per heavy atom. The molecule has 2 aromatic carbocycles. The maximum Gasteiger partial charge on any atom is 0.279 e. The van der Waals surface area contributed by atoms with Crippen molar-refractivity contribution in [1.82, 2.24) is 0 Å². The molecule has 0 saturated carbocycles. The molecule has 2 aliphatic heterocycles. The van der Waals surface area contributed by atoms with Gasteiger partial charge in [0.15, 0.2) is 29.7 Å². The zero-order chi connectivity index (χ0) is 19.5. The number of rotatable bonds is 4. The molecule has 1 amide bonds. The van der Waals surface area contributed by atoms with Gasteiger partial charge in [0.1, 0.15) is 6.04 Å². The normalized spacial score (nSPS) is 21.2. The largest absolute Gasteiger partial charge is 0.490 e. The van der Waals surface area contributed by atoms with Gasteiger partial charge < -0.3 is 19.7 Å². The molecule has 0 aliphatic carbocycles. The summed E-state index contributed by atoms with van der Waals surface area (Å²) in [5.41, 5.74) is 1.38. The number of quaternary nitrogens is 1. The first kappa shape index (κ1) is 18.7. The summed E-state index contributed by atoms with van der Waals surface area (Å²) < 4.78 is 37.8. The summed E-state index contributed by atoms with van der Waals surface area (Å²) >= 11 is 0. The number of carbonyl (C=O) groups excluding carboxylic acids is 1. The Morgan fingerprint density at radius 3 is 2.68 bits per heavy atom. The van der Waals surface area contributed by atoms with Crippen molar-refractivity contribution in [3.05, 3.63) is 53.6 Å². The SMILES string of the molecule is O=C(C[NH+]1CCC[C@H]1c1ccc2c(c1)OCCCO2)Nc1ccc(F)c(F)c1. The van der Waals surface area contributed by atoms with E-state index in [1.54, 1.807) is 0 Å². The molecule has 2 heterocycles. The number of carbonyl (C=O) groups is 1. The molecule has 2 aromatic rings. The summed E-state index contributed by atoms with van der Waals surface area (Å²) in [7, 11) is 0. The van der Waals surface area contributed by atoms with Crippen molar-refractivity contribution in [3.8, 4) is 11.5 Å². The van der Waals surface area contributed by atoms with Gasteiger partial charge in [0, 0.05) is 36.6 Å². The van der Waals surface area contributed by atoms with Crippen LogP contribution in [0.4, 0.5) is 14.5 Å². The Kier molecular flexibility index (Phi) is 5.43. The molecule has 148 valence electrons. The fraction of sp³-hybridized carbons (Fsp3) is 0.381.